The van der Waals surface area contributed by atoms with E-state index in [1.54, 1.807) is 23.5 Å². The Bertz CT molecular complexity index is 583. The molecular weight excluding hydrogens is 306 g/mol. The van der Waals surface area contributed by atoms with Gasteiger partial charge in [-0.15, -0.1) is 11.3 Å². The zero-order chi connectivity index (χ0) is 15.3. The predicted molar refractivity (Wildman–Crippen MR) is 86.6 cm³/mol. The highest BCUT2D eigenvalue weighted by Crippen LogP contribution is 2.29. The van der Waals surface area contributed by atoms with E-state index in [0.29, 0.717) is 18.0 Å². The number of methoxy groups -OCH3 is 1. The van der Waals surface area contributed by atoms with Gasteiger partial charge in [-0.1, -0.05) is 36.7 Å². The van der Waals surface area contributed by atoms with Crippen LogP contribution < -0.4 is 5.32 Å². The molecule has 1 unspecified atom stereocenters. The number of hydrogen-bond acceptors (Lipinski definition) is 4. The maximum absolute atomic E-state index is 12.4. The minimum absolute atomic E-state index is 0.288. The second-order valence-electron chi connectivity index (χ2n) is 4.69. The molecule has 2 rings (SSSR count). The molecule has 1 atom stereocenters. The number of ether oxygens (including phenoxy) is 1. The molecule has 2 aromatic rings. The molecule has 0 fully saturated rings. The molecule has 0 aliphatic carbocycles. The second kappa shape index (κ2) is 7.07. The van der Waals surface area contributed by atoms with Crippen molar-refractivity contribution in [1.82, 2.24) is 5.32 Å². The molecule has 0 radical (unpaired) electrons. The normalized spacial score (nSPS) is 13.7. The first kappa shape index (κ1) is 16.0. The molecular formula is C16H18ClNO2S. The third-order valence-corrected chi connectivity index (χ3v) is 4.67. The summed E-state index contributed by atoms with van der Waals surface area (Å²) in [5.74, 6) is -0.288. The smallest absolute Gasteiger partial charge is 0.330 e. The Morgan fingerprint density at radius 1 is 1.33 bits per heavy atom. The van der Waals surface area contributed by atoms with Crippen LogP contribution in [0.5, 0.6) is 0 Å². The van der Waals surface area contributed by atoms with Gasteiger partial charge in [0, 0.05) is 16.4 Å². The topological polar surface area (TPSA) is 38.3 Å². The van der Waals surface area contributed by atoms with Gasteiger partial charge in [-0.3, -0.25) is 5.32 Å². The summed E-state index contributed by atoms with van der Waals surface area (Å²) in [4.78, 5) is 13.6. The summed E-state index contributed by atoms with van der Waals surface area (Å²) in [7, 11) is 1.41. The van der Waals surface area contributed by atoms with Crippen LogP contribution in [0.3, 0.4) is 0 Å². The summed E-state index contributed by atoms with van der Waals surface area (Å²) in [6.45, 7) is 2.58. The molecule has 3 nitrogen and oxygen atoms in total. The van der Waals surface area contributed by atoms with E-state index in [1.807, 2.05) is 36.6 Å². The van der Waals surface area contributed by atoms with Crippen LogP contribution in [0.25, 0.3) is 0 Å². The summed E-state index contributed by atoms with van der Waals surface area (Å²) in [6.07, 6.45) is 0.590. The fraction of sp³-hybridized carbons (Fsp3) is 0.312. The summed E-state index contributed by atoms with van der Waals surface area (Å²) < 4.78 is 5.03. The minimum Gasteiger partial charge on any atom is -0.467 e. The van der Waals surface area contributed by atoms with Gasteiger partial charge in [0.15, 0.2) is 0 Å². The molecule has 0 aliphatic rings. The van der Waals surface area contributed by atoms with E-state index in [-0.39, 0.29) is 5.97 Å². The SMILES string of the molecule is CCC(NCc1cccs1)(C(=O)OC)c1ccc(Cl)cc1. The molecule has 1 aromatic carbocycles. The third-order valence-electron chi connectivity index (χ3n) is 3.55. The van der Waals surface area contributed by atoms with E-state index in [9.17, 15) is 4.79 Å². The van der Waals surface area contributed by atoms with E-state index in [1.165, 1.54) is 12.0 Å². The number of hydrogen-bond donors (Lipinski definition) is 1. The van der Waals surface area contributed by atoms with E-state index >= 15 is 0 Å². The zero-order valence-electron chi connectivity index (χ0n) is 12.1. The number of thiophene rings is 1. The summed E-state index contributed by atoms with van der Waals surface area (Å²) in [5, 5.41) is 6.03. The summed E-state index contributed by atoms with van der Waals surface area (Å²) in [6, 6.07) is 11.3. The average Bonchev–Trinajstić information content (AvgIpc) is 3.02. The zero-order valence-corrected chi connectivity index (χ0v) is 13.6. The third kappa shape index (κ3) is 3.46. The molecule has 0 aliphatic heterocycles. The quantitative estimate of drug-likeness (QED) is 0.817. The molecule has 1 N–H and O–H groups in total. The Labute approximate surface area is 133 Å². The lowest BCUT2D eigenvalue weighted by Gasteiger charge is -2.31. The van der Waals surface area contributed by atoms with Crippen LogP contribution in [0.4, 0.5) is 0 Å². The van der Waals surface area contributed by atoms with Gasteiger partial charge in [-0.05, 0) is 35.6 Å². The predicted octanol–water partition coefficient (Wildman–Crippen LogP) is 3.97. The highest BCUT2D eigenvalue weighted by atomic mass is 35.5. The number of carbonyl (C=O) groups is 1. The highest BCUT2D eigenvalue weighted by Gasteiger charge is 2.39. The molecule has 0 saturated heterocycles. The fourth-order valence-corrected chi connectivity index (χ4v) is 3.10. The van der Waals surface area contributed by atoms with Gasteiger partial charge in [0.2, 0.25) is 0 Å². The largest absolute Gasteiger partial charge is 0.467 e. The summed E-state index contributed by atoms with van der Waals surface area (Å²) >= 11 is 7.60. The van der Waals surface area contributed by atoms with Crippen molar-refractivity contribution in [3.8, 4) is 0 Å². The molecule has 21 heavy (non-hydrogen) atoms. The van der Waals surface area contributed by atoms with Crippen molar-refractivity contribution >= 4 is 28.9 Å². The van der Waals surface area contributed by atoms with Crippen LogP contribution in [0, 0.1) is 0 Å². The molecule has 0 amide bonds. The Morgan fingerprint density at radius 3 is 2.57 bits per heavy atom. The first-order valence-electron chi connectivity index (χ1n) is 6.74. The number of carbonyl (C=O) groups excluding carboxylic acids is 1. The first-order chi connectivity index (χ1) is 10.1. The first-order valence-corrected chi connectivity index (χ1v) is 8.00. The lowest BCUT2D eigenvalue weighted by molar-refractivity contribution is -0.149. The van der Waals surface area contributed by atoms with E-state index in [4.69, 9.17) is 16.3 Å². The van der Waals surface area contributed by atoms with E-state index < -0.39 is 5.54 Å². The lowest BCUT2D eigenvalue weighted by atomic mass is 9.87. The number of nitrogens with one attached hydrogen (secondary N) is 1. The van der Waals surface area contributed by atoms with Crippen LogP contribution in [0.15, 0.2) is 41.8 Å². The molecule has 5 heteroatoms. The van der Waals surface area contributed by atoms with Crippen LogP contribution in [0.1, 0.15) is 23.8 Å². The van der Waals surface area contributed by atoms with E-state index in [2.05, 4.69) is 5.32 Å². The standard InChI is InChI=1S/C16H18ClNO2S/c1-3-16(15(19)20-2,12-6-8-13(17)9-7-12)18-11-14-5-4-10-21-14/h4-10,18H,3,11H2,1-2H3. The molecule has 0 spiro atoms. The minimum atomic E-state index is -0.858. The Hall–Kier alpha value is -1.36. The molecule has 0 saturated carbocycles. The number of halogens is 1. The van der Waals surface area contributed by atoms with Crippen LogP contribution >= 0.6 is 22.9 Å². The maximum atomic E-state index is 12.4. The van der Waals surface area contributed by atoms with E-state index in [0.717, 1.165) is 5.56 Å². The molecule has 1 heterocycles. The Morgan fingerprint density at radius 2 is 2.05 bits per heavy atom. The van der Waals surface area contributed by atoms with Gasteiger partial charge in [-0.25, -0.2) is 4.79 Å². The van der Waals surface area contributed by atoms with Gasteiger partial charge in [0.25, 0.3) is 0 Å². The second-order valence-corrected chi connectivity index (χ2v) is 6.16. The van der Waals surface area contributed by atoms with Crippen LogP contribution in [-0.4, -0.2) is 13.1 Å². The van der Waals surface area contributed by atoms with Crippen molar-refractivity contribution in [2.45, 2.75) is 25.4 Å². The van der Waals surface area contributed by atoms with Crippen molar-refractivity contribution in [2.75, 3.05) is 7.11 Å². The van der Waals surface area contributed by atoms with Crippen LogP contribution in [-0.2, 0) is 21.6 Å². The lowest BCUT2D eigenvalue weighted by Crippen LogP contribution is -2.49. The number of benzene rings is 1. The van der Waals surface area contributed by atoms with Crippen LogP contribution in [0.2, 0.25) is 5.02 Å². The van der Waals surface area contributed by atoms with Crippen molar-refractivity contribution in [3.63, 3.8) is 0 Å². The van der Waals surface area contributed by atoms with Gasteiger partial charge in [0.1, 0.15) is 5.54 Å². The summed E-state index contributed by atoms with van der Waals surface area (Å²) in [5.41, 5.74) is 0.00127. The molecule has 0 bridgehead atoms. The maximum Gasteiger partial charge on any atom is 0.330 e. The van der Waals surface area contributed by atoms with Crippen molar-refractivity contribution < 1.29 is 9.53 Å². The highest BCUT2D eigenvalue weighted by molar-refractivity contribution is 7.09. The van der Waals surface area contributed by atoms with Gasteiger partial charge in [0.05, 0.1) is 7.11 Å². The number of esters is 1. The molecule has 1 aromatic heterocycles. The molecule has 112 valence electrons. The van der Waals surface area contributed by atoms with Gasteiger partial charge < -0.3 is 4.74 Å². The number of rotatable bonds is 6. The monoisotopic (exact) mass is 323 g/mol. The van der Waals surface area contributed by atoms with Gasteiger partial charge >= 0.3 is 5.97 Å². The van der Waals surface area contributed by atoms with Crippen molar-refractivity contribution in [2.24, 2.45) is 0 Å². The van der Waals surface area contributed by atoms with Crippen molar-refractivity contribution in [3.05, 3.63) is 57.2 Å². The van der Waals surface area contributed by atoms with Gasteiger partial charge in [-0.2, -0.15) is 0 Å². The van der Waals surface area contributed by atoms with Crippen molar-refractivity contribution in [1.29, 1.82) is 0 Å². The Kier molecular flexibility index (Phi) is 5.39. The average molecular weight is 324 g/mol. The fourth-order valence-electron chi connectivity index (χ4n) is 2.33. The Balaban J connectivity index is 2.32.